The highest BCUT2D eigenvalue weighted by atomic mass is 16.2. The maximum absolute atomic E-state index is 13.0. The Kier molecular flexibility index (Phi) is 7.75. The highest BCUT2D eigenvalue weighted by molar-refractivity contribution is 5.97. The fourth-order valence-corrected chi connectivity index (χ4v) is 4.36. The summed E-state index contributed by atoms with van der Waals surface area (Å²) < 4.78 is 0. The average molecular weight is 451 g/mol. The predicted molar refractivity (Wildman–Crippen MR) is 135 cm³/mol. The number of hydrogen-bond donors (Lipinski definition) is 1. The molecular formula is C29H30N4O. The van der Waals surface area contributed by atoms with Crippen molar-refractivity contribution in [2.45, 2.75) is 19.5 Å². The summed E-state index contributed by atoms with van der Waals surface area (Å²) in [6.45, 7) is 5.29. The molecule has 4 rings (SSSR count). The first kappa shape index (κ1) is 23.3. The number of hydrogen-bond acceptors (Lipinski definition) is 4. The Hall–Kier alpha value is -3.88. The van der Waals surface area contributed by atoms with Gasteiger partial charge in [0, 0.05) is 38.9 Å². The smallest absolute Gasteiger partial charge is 0.266 e. The topological polar surface area (TPSA) is 59.4 Å². The lowest BCUT2D eigenvalue weighted by Crippen LogP contribution is -2.50. The van der Waals surface area contributed by atoms with Gasteiger partial charge >= 0.3 is 0 Å². The minimum atomic E-state index is -0.213. The Bertz CT molecular complexity index is 1100. The van der Waals surface area contributed by atoms with E-state index in [2.05, 4.69) is 76.9 Å². The summed E-state index contributed by atoms with van der Waals surface area (Å²) in [5.41, 5.74) is 4.93. The summed E-state index contributed by atoms with van der Waals surface area (Å²) >= 11 is 0. The van der Waals surface area contributed by atoms with E-state index < -0.39 is 0 Å². The Morgan fingerprint density at radius 3 is 2.00 bits per heavy atom. The van der Waals surface area contributed by atoms with Crippen LogP contribution in [-0.4, -0.2) is 41.9 Å². The molecule has 5 heteroatoms. The number of aryl methyl sites for hydroxylation is 1. The summed E-state index contributed by atoms with van der Waals surface area (Å²) in [7, 11) is 0. The summed E-state index contributed by atoms with van der Waals surface area (Å²) in [6, 6.07) is 31.4. The molecule has 0 radical (unpaired) electrons. The second-order valence-corrected chi connectivity index (χ2v) is 8.59. The largest absolute Gasteiger partial charge is 0.386 e. The zero-order valence-corrected chi connectivity index (χ0v) is 19.5. The molecule has 172 valence electrons. The van der Waals surface area contributed by atoms with E-state index in [0.717, 1.165) is 18.7 Å². The predicted octanol–water partition coefficient (Wildman–Crippen LogP) is 4.43. The van der Waals surface area contributed by atoms with Crippen LogP contribution in [0.3, 0.4) is 0 Å². The fraction of sp³-hybridized carbons (Fsp3) is 0.241. The molecule has 0 saturated carbocycles. The number of piperazine rings is 1. The molecule has 1 amide bonds. The molecule has 1 saturated heterocycles. The number of nitrogens with zero attached hydrogens (tertiary/aromatic N) is 3. The van der Waals surface area contributed by atoms with Crippen molar-refractivity contribution in [1.29, 1.82) is 5.26 Å². The van der Waals surface area contributed by atoms with Crippen molar-refractivity contribution in [2.75, 3.05) is 26.2 Å². The van der Waals surface area contributed by atoms with E-state index in [1.165, 1.54) is 16.7 Å². The zero-order valence-electron chi connectivity index (χ0n) is 19.5. The van der Waals surface area contributed by atoms with Crippen LogP contribution in [0.1, 0.15) is 28.3 Å². The SMILES string of the molecule is Cc1ccc(CN/C=C(/C#N)C(=O)N2CCN(C(c3ccccc3)c3ccccc3)CC2)cc1. The first-order chi connectivity index (χ1) is 16.7. The van der Waals surface area contributed by atoms with Crippen LogP contribution >= 0.6 is 0 Å². The van der Waals surface area contributed by atoms with Crippen LogP contribution in [-0.2, 0) is 11.3 Å². The zero-order chi connectivity index (χ0) is 23.8. The van der Waals surface area contributed by atoms with Crippen LogP contribution < -0.4 is 5.32 Å². The van der Waals surface area contributed by atoms with E-state index in [4.69, 9.17) is 0 Å². The number of carbonyl (C=O) groups excluding carboxylic acids is 1. The molecule has 0 bridgehead atoms. The summed E-state index contributed by atoms with van der Waals surface area (Å²) in [4.78, 5) is 17.2. The number of amides is 1. The molecule has 0 unspecified atom stereocenters. The molecule has 5 nitrogen and oxygen atoms in total. The summed E-state index contributed by atoms with van der Waals surface area (Å²) in [5.74, 6) is -0.213. The normalized spacial score (nSPS) is 14.6. The molecule has 0 aliphatic carbocycles. The van der Waals surface area contributed by atoms with Gasteiger partial charge in [-0.25, -0.2) is 0 Å². The van der Waals surface area contributed by atoms with Gasteiger partial charge in [-0.3, -0.25) is 9.69 Å². The van der Waals surface area contributed by atoms with Crippen LogP contribution in [0.4, 0.5) is 0 Å². The molecule has 1 N–H and O–H groups in total. The van der Waals surface area contributed by atoms with Crippen LogP contribution in [0, 0.1) is 18.3 Å². The molecule has 0 atom stereocenters. The van der Waals surface area contributed by atoms with Crippen LogP contribution in [0.2, 0.25) is 0 Å². The van der Waals surface area contributed by atoms with Crippen molar-refractivity contribution in [3.63, 3.8) is 0 Å². The maximum Gasteiger partial charge on any atom is 0.266 e. The van der Waals surface area contributed by atoms with Gasteiger partial charge in [0.25, 0.3) is 5.91 Å². The van der Waals surface area contributed by atoms with Gasteiger partial charge in [-0.1, -0.05) is 90.5 Å². The highest BCUT2D eigenvalue weighted by Gasteiger charge is 2.29. The van der Waals surface area contributed by atoms with Crippen LogP contribution in [0.25, 0.3) is 0 Å². The summed E-state index contributed by atoms with van der Waals surface area (Å²) in [6.07, 6.45) is 1.55. The van der Waals surface area contributed by atoms with Crippen molar-refractivity contribution in [3.8, 4) is 6.07 Å². The average Bonchev–Trinajstić information content (AvgIpc) is 2.89. The van der Waals surface area contributed by atoms with Crippen LogP contribution in [0.5, 0.6) is 0 Å². The van der Waals surface area contributed by atoms with Gasteiger partial charge in [-0.05, 0) is 23.6 Å². The lowest BCUT2D eigenvalue weighted by Gasteiger charge is -2.39. The maximum atomic E-state index is 13.0. The number of nitriles is 1. The Balaban J connectivity index is 1.39. The van der Waals surface area contributed by atoms with Crippen LogP contribution in [0.15, 0.2) is 96.7 Å². The first-order valence-electron chi connectivity index (χ1n) is 11.7. The number of rotatable bonds is 7. The van der Waals surface area contributed by atoms with E-state index in [-0.39, 0.29) is 17.5 Å². The van der Waals surface area contributed by atoms with Gasteiger partial charge < -0.3 is 10.2 Å². The molecule has 1 aliphatic rings. The van der Waals surface area contributed by atoms with E-state index in [0.29, 0.717) is 19.6 Å². The second kappa shape index (κ2) is 11.3. The van der Waals surface area contributed by atoms with Gasteiger partial charge in [0.2, 0.25) is 0 Å². The van der Waals surface area contributed by atoms with Crippen molar-refractivity contribution >= 4 is 5.91 Å². The third kappa shape index (κ3) is 5.72. The lowest BCUT2D eigenvalue weighted by atomic mass is 9.96. The molecule has 1 heterocycles. The molecular weight excluding hydrogens is 420 g/mol. The van der Waals surface area contributed by atoms with Crippen molar-refractivity contribution in [3.05, 3.63) is 119 Å². The molecule has 1 aliphatic heterocycles. The van der Waals surface area contributed by atoms with E-state index in [1.54, 1.807) is 11.1 Å². The second-order valence-electron chi connectivity index (χ2n) is 8.59. The monoisotopic (exact) mass is 450 g/mol. The summed E-state index contributed by atoms with van der Waals surface area (Å²) in [5, 5.41) is 12.7. The van der Waals surface area contributed by atoms with E-state index >= 15 is 0 Å². The standard InChI is InChI=1S/C29H30N4O/c1-23-12-14-24(15-13-23)21-31-22-27(20-30)29(34)33-18-16-32(17-19-33)28(25-8-4-2-5-9-25)26-10-6-3-7-11-26/h2-15,22,28,31H,16-19,21H2,1H3/b27-22-. The van der Waals surface area contributed by atoms with Gasteiger partial charge in [0.05, 0.1) is 6.04 Å². The molecule has 0 aromatic heterocycles. The van der Waals surface area contributed by atoms with Gasteiger partial charge in [0.1, 0.15) is 11.6 Å². The highest BCUT2D eigenvalue weighted by Crippen LogP contribution is 2.29. The quantitative estimate of drug-likeness (QED) is 0.427. The minimum Gasteiger partial charge on any atom is -0.386 e. The number of carbonyl (C=O) groups is 1. The van der Waals surface area contributed by atoms with E-state index in [1.807, 2.05) is 31.2 Å². The first-order valence-corrected chi connectivity index (χ1v) is 11.7. The molecule has 0 spiro atoms. The molecule has 1 fully saturated rings. The third-order valence-electron chi connectivity index (χ3n) is 6.22. The Labute approximate surface area is 201 Å². The van der Waals surface area contributed by atoms with Gasteiger partial charge in [-0.15, -0.1) is 0 Å². The van der Waals surface area contributed by atoms with E-state index in [9.17, 15) is 10.1 Å². The Morgan fingerprint density at radius 1 is 0.912 bits per heavy atom. The lowest BCUT2D eigenvalue weighted by molar-refractivity contribution is -0.128. The minimum absolute atomic E-state index is 0.141. The van der Waals surface area contributed by atoms with Gasteiger partial charge in [-0.2, -0.15) is 5.26 Å². The van der Waals surface area contributed by atoms with Crippen molar-refractivity contribution in [1.82, 2.24) is 15.1 Å². The number of benzene rings is 3. The van der Waals surface area contributed by atoms with Gasteiger partial charge in [0.15, 0.2) is 0 Å². The third-order valence-corrected chi connectivity index (χ3v) is 6.22. The fourth-order valence-electron chi connectivity index (χ4n) is 4.36. The van der Waals surface area contributed by atoms with Crippen molar-refractivity contribution in [2.24, 2.45) is 0 Å². The Morgan fingerprint density at radius 2 is 1.47 bits per heavy atom. The number of nitrogens with one attached hydrogen (secondary N) is 1. The molecule has 3 aromatic carbocycles. The molecule has 3 aromatic rings. The van der Waals surface area contributed by atoms with Crippen molar-refractivity contribution < 1.29 is 4.79 Å². The molecule has 34 heavy (non-hydrogen) atoms.